The summed E-state index contributed by atoms with van der Waals surface area (Å²) >= 11 is 0. The minimum Gasteiger partial charge on any atom is -0.483 e. The van der Waals surface area contributed by atoms with Gasteiger partial charge in [0, 0.05) is 13.3 Å². The van der Waals surface area contributed by atoms with Gasteiger partial charge in [-0.2, -0.15) is 0 Å². The molecular formula is C18H17FN2O3. The van der Waals surface area contributed by atoms with Gasteiger partial charge in [0.05, 0.1) is 17.5 Å². The number of ether oxygens (including phenoxy) is 3. The quantitative estimate of drug-likeness (QED) is 0.491. The Kier molecular flexibility index (Phi) is 5.30. The Morgan fingerprint density at radius 3 is 2.75 bits per heavy atom. The fourth-order valence-corrected chi connectivity index (χ4v) is 2.35. The highest BCUT2D eigenvalue weighted by Crippen LogP contribution is 2.28. The second kappa shape index (κ2) is 7.81. The van der Waals surface area contributed by atoms with Crippen LogP contribution >= 0.6 is 0 Å². The second-order valence-electron chi connectivity index (χ2n) is 5.15. The molecule has 1 heterocycles. The van der Waals surface area contributed by atoms with E-state index in [0.717, 1.165) is 16.5 Å². The summed E-state index contributed by atoms with van der Waals surface area (Å²) in [5.74, 6) is 0.345. The van der Waals surface area contributed by atoms with Gasteiger partial charge in [-0.15, -0.1) is 0 Å². The Morgan fingerprint density at radius 1 is 1.12 bits per heavy atom. The summed E-state index contributed by atoms with van der Waals surface area (Å²) in [6, 6.07) is 11.7. The van der Waals surface area contributed by atoms with Gasteiger partial charge in [0.25, 0.3) is 0 Å². The molecule has 124 valence electrons. The summed E-state index contributed by atoms with van der Waals surface area (Å²) in [6.45, 7) is 0.420. The van der Waals surface area contributed by atoms with Crippen LogP contribution in [-0.4, -0.2) is 30.5 Å². The number of methoxy groups -OCH3 is 1. The van der Waals surface area contributed by atoms with Crippen molar-refractivity contribution in [3.05, 3.63) is 66.4 Å². The van der Waals surface area contributed by atoms with Crippen molar-refractivity contribution in [2.75, 3.05) is 20.5 Å². The molecule has 1 unspecified atom stereocenters. The number of nitrogens with zero attached hydrogens (tertiary/aromatic N) is 2. The van der Waals surface area contributed by atoms with Gasteiger partial charge in [-0.05, 0) is 29.8 Å². The zero-order valence-corrected chi connectivity index (χ0v) is 13.2. The van der Waals surface area contributed by atoms with Crippen molar-refractivity contribution < 1.29 is 18.6 Å². The molecule has 6 heteroatoms. The van der Waals surface area contributed by atoms with Crippen LogP contribution in [0.1, 0.15) is 11.7 Å². The van der Waals surface area contributed by atoms with Crippen molar-refractivity contribution in [1.29, 1.82) is 0 Å². The monoisotopic (exact) mass is 328 g/mol. The Hall–Kier alpha value is -2.57. The third-order valence-electron chi connectivity index (χ3n) is 3.49. The number of hydrogen-bond donors (Lipinski definition) is 0. The molecule has 0 aliphatic heterocycles. The average molecular weight is 328 g/mol. The van der Waals surface area contributed by atoms with Gasteiger partial charge in [0.2, 0.25) is 0 Å². The summed E-state index contributed by atoms with van der Waals surface area (Å²) in [7, 11) is 1.55. The molecule has 0 bridgehead atoms. The van der Waals surface area contributed by atoms with Gasteiger partial charge in [-0.3, -0.25) is 0 Å². The lowest BCUT2D eigenvalue weighted by molar-refractivity contribution is -0.0569. The van der Waals surface area contributed by atoms with Crippen molar-refractivity contribution in [1.82, 2.24) is 9.97 Å². The topological polar surface area (TPSA) is 53.5 Å². The summed E-state index contributed by atoms with van der Waals surface area (Å²) in [5, 5.41) is 0.804. The molecule has 1 aromatic heterocycles. The minimum atomic E-state index is -0.411. The number of aromatic nitrogens is 2. The van der Waals surface area contributed by atoms with Gasteiger partial charge < -0.3 is 14.2 Å². The first-order valence-corrected chi connectivity index (χ1v) is 7.45. The summed E-state index contributed by atoms with van der Waals surface area (Å²) in [5.41, 5.74) is 1.60. The van der Waals surface area contributed by atoms with Crippen molar-refractivity contribution in [2.24, 2.45) is 0 Å². The van der Waals surface area contributed by atoms with E-state index < -0.39 is 6.10 Å². The van der Waals surface area contributed by atoms with Gasteiger partial charge in [-0.25, -0.2) is 14.4 Å². The summed E-state index contributed by atoms with van der Waals surface area (Å²) in [4.78, 5) is 8.27. The van der Waals surface area contributed by atoms with Crippen molar-refractivity contribution in [3.63, 3.8) is 0 Å². The number of benzene rings is 2. The molecule has 3 aromatic rings. The maximum atomic E-state index is 13.2. The molecular weight excluding hydrogens is 311 g/mol. The molecule has 3 rings (SSSR count). The van der Waals surface area contributed by atoms with Crippen LogP contribution in [-0.2, 0) is 9.47 Å². The molecule has 0 aliphatic carbocycles. The third kappa shape index (κ3) is 3.84. The Bertz CT molecular complexity index is 790. The normalized spacial score (nSPS) is 12.2. The van der Waals surface area contributed by atoms with E-state index in [1.807, 2.05) is 18.2 Å². The van der Waals surface area contributed by atoms with Gasteiger partial charge in [0.1, 0.15) is 30.8 Å². The first kappa shape index (κ1) is 16.3. The molecule has 0 spiro atoms. The van der Waals surface area contributed by atoms with Crippen LogP contribution in [0, 0.1) is 5.82 Å². The molecule has 2 aromatic carbocycles. The van der Waals surface area contributed by atoms with Gasteiger partial charge in [-0.1, -0.05) is 18.2 Å². The zero-order chi connectivity index (χ0) is 16.8. The predicted octanol–water partition coefficient (Wildman–Crippen LogP) is 3.51. The molecule has 0 saturated heterocycles. The van der Waals surface area contributed by atoms with E-state index >= 15 is 0 Å². The standard InChI is InChI=1S/C18H17FN2O3/c1-22-12-23-10-18(13-5-7-14(19)8-6-13)24-17-4-2-3-16-15(17)9-20-11-21-16/h2-9,11,18H,10,12H2,1H3. The van der Waals surface area contributed by atoms with Crippen LogP contribution in [0.5, 0.6) is 5.75 Å². The maximum absolute atomic E-state index is 13.2. The van der Waals surface area contributed by atoms with Gasteiger partial charge >= 0.3 is 0 Å². The Morgan fingerprint density at radius 2 is 1.96 bits per heavy atom. The van der Waals surface area contributed by atoms with E-state index in [0.29, 0.717) is 5.75 Å². The molecule has 0 saturated carbocycles. The minimum absolute atomic E-state index is 0.152. The lowest BCUT2D eigenvalue weighted by Gasteiger charge is -2.20. The number of halogens is 1. The number of fused-ring (bicyclic) bond motifs is 1. The van der Waals surface area contributed by atoms with E-state index in [9.17, 15) is 4.39 Å². The molecule has 0 fully saturated rings. The molecule has 24 heavy (non-hydrogen) atoms. The fraction of sp³-hybridized carbons (Fsp3) is 0.222. The average Bonchev–Trinajstić information content (AvgIpc) is 2.62. The smallest absolute Gasteiger partial charge is 0.147 e. The summed E-state index contributed by atoms with van der Waals surface area (Å²) in [6.07, 6.45) is 2.78. The van der Waals surface area contributed by atoms with E-state index in [-0.39, 0.29) is 19.2 Å². The predicted molar refractivity (Wildman–Crippen MR) is 87.1 cm³/mol. The van der Waals surface area contributed by atoms with E-state index in [2.05, 4.69) is 9.97 Å². The highest BCUT2D eigenvalue weighted by molar-refractivity contribution is 5.83. The van der Waals surface area contributed by atoms with Crippen LogP contribution in [0.4, 0.5) is 4.39 Å². The summed E-state index contributed by atoms with van der Waals surface area (Å²) < 4.78 is 29.7. The maximum Gasteiger partial charge on any atom is 0.147 e. The largest absolute Gasteiger partial charge is 0.483 e. The van der Waals surface area contributed by atoms with Crippen LogP contribution in [0.3, 0.4) is 0 Å². The highest BCUT2D eigenvalue weighted by atomic mass is 19.1. The number of rotatable bonds is 7. The van der Waals surface area contributed by atoms with E-state index in [1.54, 1.807) is 25.4 Å². The SMILES string of the molecule is COCOCC(Oc1cccc2ncncc12)c1ccc(F)cc1. The Balaban J connectivity index is 1.88. The van der Waals surface area contributed by atoms with Crippen LogP contribution < -0.4 is 4.74 Å². The van der Waals surface area contributed by atoms with Crippen molar-refractivity contribution in [3.8, 4) is 5.75 Å². The van der Waals surface area contributed by atoms with E-state index in [1.165, 1.54) is 18.5 Å². The molecule has 1 atom stereocenters. The number of hydrogen-bond acceptors (Lipinski definition) is 5. The fourth-order valence-electron chi connectivity index (χ4n) is 2.35. The van der Waals surface area contributed by atoms with Crippen LogP contribution in [0.2, 0.25) is 0 Å². The molecule has 0 radical (unpaired) electrons. The molecule has 0 N–H and O–H groups in total. The van der Waals surface area contributed by atoms with Crippen LogP contribution in [0.25, 0.3) is 10.9 Å². The van der Waals surface area contributed by atoms with Crippen molar-refractivity contribution in [2.45, 2.75) is 6.10 Å². The lowest BCUT2D eigenvalue weighted by Crippen LogP contribution is -2.16. The highest BCUT2D eigenvalue weighted by Gasteiger charge is 2.16. The molecule has 0 amide bonds. The van der Waals surface area contributed by atoms with Gasteiger partial charge in [0.15, 0.2) is 0 Å². The van der Waals surface area contributed by atoms with Crippen LogP contribution in [0.15, 0.2) is 55.0 Å². The second-order valence-corrected chi connectivity index (χ2v) is 5.15. The molecule has 5 nitrogen and oxygen atoms in total. The molecule has 0 aliphatic rings. The lowest BCUT2D eigenvalue weighted by atomic mass is 10.1. The first-order valence-electron chi connectivity index (χ1n) is 7.45. The first-order chi connectivity index (χ1) is 11.8. The zero-order valence-electron chi connectivity index (χ0n) is 13.2. The van der Waals surface area contributed by atoms with E-state index in [4.69, 9.17) is 14.2 Å². The third-order valence-corrected chi connectivity index (χ3v) is 3.49. The van der Waals surface area contributed by atoms with Crippen molar-refractivity contribution >= 4 is 10.9 Å². The Labute approximate surface area is 139 Å².